The number of halogens is 2. The second-order valence-electron chi connectivity index (χ2n) is 3.18. The van der Waals surface area contributed by atoms with Gasteiger partial charge >= 0.3 is 0 Å². The number of nitrogen functional groups attached to an aromatic ring is 1. The molecule has 1 rings (SSSR count). The molecular weight excluding hydrogens is 279 g/mol. The van der Waals surface area contributed by atoms with E-state index in [0.717, 1.165) is 6.07 Å². The van der Waals surface area contributed by atoms with Gasteiger partial charge in [0.2, 0.25) is 0 Å². The fourth-order valence-electron chi connectivity index (χ4n) is 1.09. The third kappa shape index (κ3) is 2.85. The molecule has 0 heterocycles. The molecule has 1 aromatic rings. The van der Waals surface area contributed by atoms with E-state index >= 15 is 0 Å². The molecule has 1 aromatic carbocycles. The van der Waals surface area contributed by atoms with Gasteiger partial charge in [-0.05, 0) is 28.9 Å². The summed E-state index contributed by atoms with van der Waals surface area (Å²) in [4.78, 5) is 11.2. The molecule has 0 aliphatic carbocycles. The van der Waals surface area contributed by atoms with Gasteiger partial charge in [0.05, 0.1) is 10.2 Å². The van der Waals surface area contributed by atoms with Crippen LogP contribution in [0.5, 0.6) is 5.75 Å². The Balaban J connectivity index is 2.89. The molecule has 88 valence electrons. The molecule has 1 atom stereocenters. The van der Waals surface area contributed by atoms with Gasteiger partial charge in [0.1, 0.15) is 11.6 Å². The summed E-state index contributed by atoms with van der Waals surface area (Å²) < 4.78 is 18.7. The quantitative estimate of drug-likeness (QED) is 0.833. The SMILES string of the molecule is CNC(=O)C(C)Oc1cc(F)c(Br)cc1N. The highest BCUT2D eigenvalue weighted by molar-refractivity contribution is 9.10. The van der Waals surface area contributed by atoms with Gasteiger partial charge in [-0.25, -0.2) is 4.39 Å². The lowest BCUT2D eigenvalue weighted by atomic mass is 10.3. The summed E-state index contributed by atoms with van der Waals surface area (Å²) in [6, 6.07) is 2.53. The Hall–Kier alpha value is -1.30. The van der Waals surface area contributed by atoms with Gasteiger partial charge in [-0.15, -0.1) is 0 Å². The molecule has 3 N–H and O–H groups in total. The minimum Gasteiger partial charge on any atom is -0.479 e. The number of likely N-dealkylation sites (N-methyl/N-ethyl adjacent to an activating group) is 1. The van der Waals surface area contributed by atoms with Crippen molar-refractivity contribution in [3.63, 3.8) is 0 Å². The molecule has 0 aliphatic heterocycles. The Morgan fingerprint density at radius 2 is 2.25 bits per heavy atom. The third-order valence-electron chi connectivity index (χ3n) is 1.97. The number of nitrogens with one attached hydrogen (secondary N) is 1. The van der Waals surface area contributed by atoms with Gasteiger partial charge in [0.25, 0.3) is 5.91 Å². The molecule has 6 heteroatoms. The van der Waals surface area contributed by atoms with E-state index in [1.807, 2.05) is 0 Å². The fraction of sp³-hybridized carbons (Fsp3) is 0.300. The van der Waals surface area contributed by atoms with Crippen LogP contribution in [-0.2, 0) is 4.79 Å². The van der Waals surface area contributed by atoms with Crippen LogP contribution in [0.15, 0.2) is 16.6 Å². The summed E-state index contributed by atoms with van der Waals surface area (Å²) in [6.07, 6.45) is -0.729. The molecule has 0 spiro atoms. The molecule has 16 heavy (non-hydrogen) atoms. The monoisotopic (exact) mass is 290 g/mol. The highest BCUT2D eigenvalue weighted by atomic mass is 79.9. The average molecular weight is 291 g/mol. The van der Waals surface area contributed by atoms with Crippen molar-refractivity contribution < 1.29 is 13.9 Å². The number of carbonyl (C=O) groups excluding carboxylic acids is 1. The van der Waals surface area contributed by atoms with Gasteiger partial charge < -0.3 is 15.8 Å². The molecule has 0 fully saturated rings. The molecule has 0 aromatic heterocycles. The van der Waals surface area contributed by atoms with E-state index in [9.17, 15) is 9.18 Å². The first-order valence-electron chi connectivity index (χ1n) is 4.58. The van der Waals surface area contributed by atoms with Crippen LogP contribution in [-0.4, -0.2) is 19.1 Å². The van der Waals surface area contributed by atoms with E-state index in [0.29, 0.717) is 0 Å². The number of anilines is 1. The zero-order valence-electron chi connectivity index (χ0n) is 8.88. The number of amides is 1. The van der Waals surface area contributed by atoms with Gasteiger partial charge in [0.15, 0.2) is 6.10 Å². The lowest BCUT2D eigenvalue weighted by Crippen LogP contribution is -2.33. The third-order valence-corrected chi connectivity index (χ3v) is 2.58. The second kappa shape index (κ2) is 5.16. The number of nitrogens with two attached hydrogens (primary N) is 1. The smallest absolute Gasteiger partial charge is 0.260 e. The van der Waals surface area contributed by atoms with Crippen LogP contribution < -0.4 is 15.8 Å². The second-order valence-corrected chi connectivity index (χ2v) is 4.03. The average Bonchev–Trinajstić information content (AvgIpc) is 2.24. The van der Waals surface area contributed by atoms with Gasteiger partial charge in [-0.1, -0.05) is 0 Å². The highest BCUT2D eigenvalue weighted by Crippen LogP contribution is 2.29. The molecule has 1 amide bonds. The van der Waals surface area contributed by atoms with Crippen LogP contribution in [0, 0.1) is 5.82 Å². The van der Waals surface area contributed by atoms with Crippen LogP contribution >= 0.6 is 15.9 Å². The standard InChI is InChI=1S/C10H12BrFN2O2/c1-5(10(15)14-2)16-9-4-7(12)6(11)3-8(9)13/h3-5H,13H2,1-2H3,(H,14,15). The van der Waals surface area contributed by atoms with Gasteiger partial charge in [-0.2, -0.15) is 0 Å². The maximum Gasteiger partial charge on any atom is 0.260 e. The summed E-state index contributed by atoms with van der Waals surface area (Å²) in [6.45, 7) is 1.55. The number of hydrogen-bond donors (Lipinski definition) is 2. The van der Waals surface area contributed by atoms with Crippen molar-refractivity contribution in [1.29, 1.82) is 0 Å². The van der Waals surface area contributed by atoms with E-state index in [2.05, 4.69) is 21.2 Å². The molecule has 1 unspecified atom stereocenters. The Kier molecular flexibility index (Phi) is 4.12. The van der Waals surface area contributed by atoms with Crippen LogP contribution in [0.1, 0.15) is 6.92 Å². The molecule has 0 saturated heterocycles. The van der Waals surface area contributed by atoms with Crippen molar-refractivity contribution in [3.8, 4) is 5.75 Å². The first-order valence-corrected chi connectivity index (χ1v) is 5.37. The van der Waals surface area contributed by atoms with Crippen LogP contribution in [0.3, 0.4) is 0 Å². The van der Waals surface area contributed by atoms with Crippen molar-refractivity contribution in [2.45, 2.75) is 13.0 Å². The molecule has 0 aliphatic rings. The normalized spacial score (nSPS) is 12.0. The van der Waals surface area contributed by atoms with E-state index in [-0.39, 0.29) is 21.8 Å². The first-order chi connectivity index (χ1) is 7.45. The van der Waals surface area contributed by atoms with Crippen LogP contribution in [0.4, 0.5) is 10.1 Å². The topological polar surface area (TPSA) is 64.3 Å². The van der Waals surface area contributed by atoms with Gasteiger partial charge in [0, 0.05) is 13.1 Å². The summed E-state index contributed by atoms with van der Waals surface area (Å²) >= 11 is 3.00. The number of benzene rings is 1. The van der Waals surface area contributed by atoms with Crippen molar-refractivity contribution in [3.05, 3.63) is 22.4 Å². The zero-order valence-corrected chi connectivity index (χ0v) is 10.5. The maximum atomic E-state index is 13.2. The van der Waals surface area contributed by atoms with E-state index in [4.69, 9.17) is 10.5 Å². The maximum absolute atomic E-state index is 13.2. The lowest BCUT2D eigenvalue weighted by Gasteiger charge is -2.15. The van der Waals surface area contributed by atoms with Gasteiger partial charge in [-0.3, -0.25) is 4.79 Å². The summed E-state index contributed by atoms with van der Waals surface area (Å²) in [7, 11) is 1.49. The zero-order chi connectivity index (χ0) is 12.3. The first kappa shape index (κ1) is 12.8. The van der Waals surface area contributed by atoms with E-state index in [1.165, 1.54) is 13.1 Å². The Labute approximate surface area is 101 Å². The van der Waals surface area contributed by atoms with Crippen molar-refractivity contribution in [2.24, 2.45) is 0 Å². The predicted octanol–water partition coefficient (Wildman–Crippen LogP) is 1.68. The number of carbonyl (C=O) groups is 1. The Morgan fingerprint density at radius 1 is 1.62 bits per heavy atom. The van der Waals surface area contributed by atoms with Crippen molar-refractivity contribution in [1.82, 2.24) is 5.32 Å². The fourth-order valence-corrected chi connectivity index (χ4v) is 1.45. The minimum absolute atomic E-state index is 0.150. The van der Waals surface area contributed by atoms with Crippen molar-refractivity contribution in [2.75, 3.05) is 12.8 Å². The summed E-state index contributed by atoms with van der Waals surface area (Å²) in [5, 5.41) is 2.42. The van der Waals surface area contributed by atoms with Crippen LogP contribution in [0.25, 0.3) is 0 Å². The van der Waals surface area contributed by atoms with E-state index in [1.54, 1.807) is 6.92 Å². The lowest BCUT2D eigenvalue weighted by molar-refractivity contribution is -0.126. The number of rotatable bonds is 3. The molecular formula is C10H12BrFN2O2. The van der Waals surface area contributed by atoms with Crippen LogP contribution in [0.2, 0.25) is 0 Å². The largest absolute Gasteiger partial charge is 0.479 e. The molecule has 0 saturated carbocycles. The molecule has 4 nitrogen and oxygen atoms in total. The molecule has 0 radical (unpaired) electrons. The minimum atomic E-state index is -0.729. The predicted molar refractivity (Wildman–Crippen MR) is 62.7 cm³/mol. The number of ether oxygens (including phenoxy) is 1. The Bertz CT molecular complexity index is 412. The molecule has 0 bridgehead atoms. The summed E-state index contributed by atoms with van der Waals surface area (Å²) in [5.41, 5.74) is 5.89. The highest BCUT2D eigenvalue weighted by Gasteiger charge is 2.15. The van der Waals surface area contributed by atoms with E-state index < -0.39 is 11.9 Å². The number of hydrogen-bond acceptors (Lipinski definition) is 3. The Morgan fingerprint density at radius 3 is 2.81 bits per heavy atom. The van der Waals surface area contributed by atoms with Crippen molar-refractivity contribution >= 4 is 27.5 Å². The summed E-state index contributed by atoms with van der Waals surface area (Å²) in [5.74, 6) is -0.646.